The summed E-state index contributed by atoms with van der Waals surface area (Å²) >= 11 is 1.52. The molecule has 0 bridgehead atoms. The summed E-state index contributed by atoms with van der Waals surface area (Å²) in [6.07, 6.45) is 3.50. The number of hydrogen-bond donors (Lipinski definition) is 0. The largest absolute Gasteiger partial charge is 0.490 e. The molecule has 0 radical (unpaired) electrons. The Morgan fingerprint density at radius 3 is 2.58 bits per heavy atom. The number of nitrogens with zero attached hydrogens (tertiary/aromatic N) is 3. The number of aryl methyl sites for hydroxylation is 1. The lowest BCUT2D eigenvalue weighted by molar-refractivity contribution is -0.166. The highest BCUT2D eigenvalue weighted by atomic mass is 32.1. The Labute approximate surface area is 197 Å². The van der Waals surface area contributed by atoms with Gasteiger partial charge in [0.25, 0.3) is 0 Å². The van der Waals surface area contributed by atoms with E-state index in [1.165, 1.54) is 23.5 Å². The van der Waals surface area contributed by atoms with Crippen LogP contribution in [-0.4, -0.2) is 71.6 Å². The average molecular weight is 476 g/mol. The number of halogens is 1. The van der Waals surface area contributed by atoms with Crippen LogP contribution < -0.4 is 4.74 Å². The van der Waals surface area contributed by atoms with Crippen molar-refractivity contribution in [3.63, 3.8) is 0 Å². The number of carbonyl (C=O) groups excluding carboxylic acids is 2. The van der Waals surface area contributed by atoms with E-state index in [1.807, 2.05) is 17.2 Å². The summed E-state index contributed by atoms with van der Waals surface area (Å²) in [6.45, 7) is 4.55. The molecule has 0 saturated carbocycles. The van der Waals surface area contributed by atoms with Crippen LogP contribution in [0.25, 0.3) is 0 Å². The summed E-state index contributed by atoms with van der Waals surface area (Å²) < 4.78 is 25.4. The van der Waals surface area contributed by atoms with E-state index in [1.54, 1.807) is 17.0 Å². The van der Waals surface area contributed by atoms with Crippen LogP contribution >= 0.6 is 11.3 Å². The Kier molecular flexibility index (Phi) is 7.60. The maximum Gasteiger partial charge on any atom is 0.228 e. The molecule has 33 heavy (non-hydrogen) atoms. The van der Waals surface area contributed by atoms with Crippen molar-refractivity contribution in [2.45, 2.75) is 44.6 Å². The minimum Gasteiger partial charge on any atom is -0.490 e. The van der Waals surface area contributed by atoms with E-state index < -0.39 is 5.60 Å². The molecule has 2 aliphatic rings. The number of benzene rings is 1. The number of aromatic nitrogens is 1. The van der Waals surface area contributed by atoms with Gasteiger partial charge in [0.2, 0.25) is 11.8 Å². The molecule has 2 saturated heterocycles. The molecule has 0 N–H and O–H groups in total. The van der Waals surface area contributed by atoms with E-state index in [0.29, 0.717) is 18.9 Å². The minimum atomic E-state index is -0.963. The number of thiazole rings is 1. The molecule has 1 unspecified atom stereocenters. The average Bonchev–Trinajstić information content (AvgIpc) is 3.24. The number of ether oxygens (including phenoxy) is 2. The number of likely N-dealkylation sites (tertiary alicyclic amines) is 1. The Morgan fingerprint density at radius 1 is 1.12 bits per heavy atom. The maximum absolute atomic E-state index is 13.3. The Balaban J connectivity index is 1.48. The Bertz CT molecular complexity index is 961. The second kappa shape index (κ2) is 10.6. The van der Waals surface area contributed by atoms with Gasteiger partial charge in [-0.2, -0.15) is 0 Å². The standard InChI is InChI=1S/C24H30FN3O4S/c1-18-26-20(15-33-18)13-22(29)28-11-12-32-24(16-28,14-23(30)27-9-3-2-4-10-27)17-31-21-7-5-19(25)6-8-21/h5-8,15H,2-4,9-14,16-17H2,1H3. The third kappa shape index (κ3) is 6.29. The quantitative estimate of drug-likeness (QED) is 0.615. The van der Waals surface area contributed by atoms with Crippen molar-refractivity contribution in [2.24, 2.45) is 0 Å². The SMILES string of the molecule is Cc1nc(CC(=O)N2CCOC(COc3ccc(F)cc3)(CC(=O)N3CCCCC3)C2)cs1. The topological polar surface area (TPSA) is 72.0 Å². The van der Waals surface area contributed by atoms with Crippen LogP contribution in [0.2, 0.25) is 0 Å². The first-order chi connectivity index (χ1) is 15.9. The third-order valence-electron chi connectivity index (χ3n) is 6.10. The summed E-state index contributed by atoms with van der Waals surface area (Å²) in [5.41, 5.74) is -0.207. The fourth-order valence-corrected chi connectivity index (χ4v) is 4.95. The molecule has 1 aromatic heterocycles. The van der Waals surface area contributed by atoms with Crippen LogP contribution in [0.4, 0.5) is 4.39 Å². The molecule has 7 nitrogen and oxygen atoms in total. The fraction of sp³-hybridized carbons (Fsp3) is 0.542. The van der Waals surface area contributed by atoms with Gasteiger partial charge in [-0.3, -0.25) is 9.59 Å². The Morgan fingerprint density at radius 2 is 1.88 bits per heavy atom. The molecule has 178 valence electrons. The van der Waals surface area contributed by atoms with Crippen molar-refractivity contribution in [3.8, 4) is 5.75 Å². The molecule has 2 aliphatic heterocycles. The second-order valence-electron chi connectivity index (χ2n) is 8.74. The number of amides is 2. The highest BCUT2D eigenvalue weighted by Gasteiger charge is 2.42. The molecule has 2 amide bonds. The number of piperidine rings is 1. The van der Waals surface area contributed by atoms with Crippen LogP contribution in [0.15, 0.2) is 29.6 Å². The van der Waals surface area contributed by atoms with E-state index in [0.717, 1.165) is 43.1 Å². The summed E-state index contributed by atoms with van der Waals surface area (Å²) in [5, 5.41) is 2.83. The van der Waals surface area contributed by atoms with Gasteiger partial charge in [0.1, 0.15) is 23.8 Å². The first-order valence-corrected chi connectivity index (χ1v) is 12.3. The molecule has 3 heterocycles. The van der Waals surface area contributed by atoms with Crippen molar-refractivity contribution in [1.82, 2.24) is 14.8 Å². The van der Waals surface area contributed by atoms with Crippen molar-refractivity contribution >= 4 is 23.2 Å². The zero-order chi connectivity index (χ0) is 23.3. The van der Waals surface area contributed by atoms with Crippen LogP contribution in [0.1, 0.15) is 36.4 Å². The summed E-state index contributed by atoms with van der Waals surface area (Å²) in [4.78, 5) is 34.2. The van der Waals surface area contributed by atoms with Crippen molar-refractivity contribution in [2.75, 3.05) is 39.4 Å². The van der Waals surface area contributed by atoms with E-state index in [2.05, 4.69) is 4.98 Å². The highest BCUT2D eigenvalue weighted by molar-refractivity contribution is 7.09. The molecule has 1 atom stereocenters. The number of morpholine rings is 1. The van der Waals surface area contributed by atoms with Crippen LogP contribution in [0.5, 0.6) is 5.75 Å². The molecule has 2 aromatic rings. The lowest BCUT2D eigenvalue weighted by atomic mass is 9.96. The number of rotatable bonds is 7. The van der Waals surface area contributed by atoms with Gasteiger partial charge in [0, 0.05) is 25.0 Å². The molecule has 9 heteroatoms. The van der Waals surface area contributed by atoms with Gasteiger partial charge in [-0.15, -0.1) is 11.3 Å². The van der Waals surface area contributed by atoms with E-state index in [9.17, 15) is 14.0 Å². The van der Waals surface area contributed by atoms with E-state index >= 15 is 0 Å². The molecule has 4 rings (SSSR count). The first kappa shape index (κ1) is 23.6. The van der Waals surface area contributed by atoms with Gasteiger partial charge >= 0.3 is 0 Å². The van der Waals surface area contributed by atoms with Gasteiger partial charge in [-0.1, -0.05) is 0 Å². The maximum atomic E-state index is 13.3. The van der Waals surface area contributed by atoms with Crippen molar-refractivity contribution in [3.05, 3.63) is 46.2 Å². The highest BCUT2D eigenvalue weighted by Crippen LogP contribution is 2.27. The van der Waals surface area contributed by atoms with Crippen molar-refractivity contribution in [1.29, 1.82) is 0 Å². The van der Waals surface area contributed by atoms with Crippen LogP contribution in [-0.2, 0) is 20.7 Å². The fourth-order valence-electron chi connectivity index (χ4n) is 4.34. The monoisotopic (exact) mass is 475 g/mol. The van der Waals surface area contributed by atoms with Crippen LogP contribution in [0, 0.1) is 12.7 Å². The van der Waals surface area contributed by atoms with Gasteiger partial charge < -0.3 is 19.3 Å². The van der Waals surface area contributed by atoms with Gasteiger partial charge in [-0.25, -0.2) is 9.37 Å². The van der Waals surface area contributed by atoms with Gasteiger partial charge in [-0.05, 0) is 50.5 Å². The molecule has 1 aromatic carbocycles. The lowest BCUT2D eigenvalue weighted by Crippen LogP contribution is -2.58. The first-order valence-electron chi connectivity index (χ1n) is 11.4. The number of hydrogen-bond acceptors (Lipinski definition) is 6. The smallest absolute Gasteiger partial charge is 0.228 e. The molecule has 0 spiro atoms. The lowest BCUT2D eigenvalue weighted by Gasteiger charge is -2.43. The predicted molar refractivity (Wildman–Crippen MR) is 123 cm³/mol. The van der Waals surface area contributed by atoms with Crippen molar-refractivity contribution < 1.29 is 23.5 Å². The molecule has 2 fully saturated rings. The van der Waals surface area contributed by atoms with Crippen LogP contribution in [0.3, 0.4) is 0 Å². The minimum absolute atomic E-state index is 0.0156. The summed E-state index contributed by atoms with van der Waals surface area (Å²) in [5.74, 6) is 0.119. The predicted octanol–water partition coefficient (Wildman–Crippen LogP) is 3.21. The van der Waals surface area contributed by atoms with E-state index in [-0.39, 0.29) is 43.6 Å². The second-order valence-corrected chi connectivity index (χ2v) is 9.80. The third-order valence-corrected chi connectivity index (χ3v) is 6.92. The zero-order valence-electron chi connectivity index (χ0n) is 18.9. The molecule has 0 aliphatic carbocycles. The zero-order valence-corrected chi connectivity index (χ0v) is 19.7. The Hall–Kier alpha value is -2.52. The van der Waals surface area contributed by atoms with E-state index in [4.69, 9.17) is 9.47 Å². The summed E-state index contributed by atoms with van der Waals surface area (Å²) in [7, 11) is 0. The molecular weight excluding hydrogens is 445 g/mol. The molecular formula is C24H30FN3O4S. The normalized spacial score (nSPS) is 21.2. The summed E-state index contributed by atoms with van der Waals surface area (Å²) in [6, 6.07) is 5.75. The number of carbonyl (C=O) groups is 2. The van der Waals surface area contributed by atoms with Gasteiger partial charge in [0.15, 0.2) is 0 Å². The van der Waals surface area contributed by atoms with Gasteiger partial charge in [0.05, 0.1) is 36.7 Å².